The third-order valence-corrected chi connectivity index (χ3v) is 5.40. The van der Waals surface area contributed by atoms with Crippen molar-refractivity contribution in [2.45, 2.75) is 44.2 Å². The van der Waals surface area contributed by atoms with E-state index in [9.17, 15) is 9.90 Å². The molecule has 1 aliphatic carbocycles. The topological polar surface area (TPSA) is 82.8 Å². The number of benzene rings is 1. The van der Waals surface area contributed by atoms with Crippen molar-refractivity contribution in [3.05, 3.63) is 60.6 Å². The van der Waals surface area contributed by atoms with Gasteiger partial charge >= 0.3 is 6.03 Å². The molecule has 2 heterocycles. The Bertz CT molecular complexity index is 921. The Kier molecular flexibility index (Phi) is 5.53. The van der Waals surface area contributed by atoms with E-state index >= 15 is 0 Å². The minimum absolute atomic E-state index is 0.129. The van der Waals surface area contributed by atoms with Gasteiger partial charge in [0.2, 0.25) is 0 Å². The van der Waals surface area contributed by atoms with Gasteiger partial charge < -0.3 is 15.3 Å². The largest absolute Gasteiger partial charge is 0.387 e. The number of nitrogens with one attached hydrogen (secondary N) is 1. The number of hydrogen-bond acceptors (Lipinski definition) is 4. The molecule has 0 spiro atoms. The number of carbonyl (C=O) groups excluding carboxylic acids is 1. The minimum Gasteiger partial charge on any atom is -0.387 e. The van der Waals surface area contributed by atoms with Crippen LogP contribution in [0.15, 0.2) is 55.0 Å². The van der Waals surface area contributed by atoms with Crippen LogP contribution in [-0.4, -0.2) is 43.2 Å². The lowest BCUT2D eigenvalue weighted by atomic mass is 9.94. The summed E-state index contributed by atoms with van der Waals surface area (Å²) in [5.41, 5.74) is 2.03. The van der Waals surface area contributed by atoms with Crippen molar-refractivity contribution in [2.75, 3.05) is 11.9 Å². The number of anilines is 1. The van der Waals surface area contributed by atoms with Gasteiger partial charge in [-0.2, -0.15) is 0 Å². The molecule has 28 heavy (non-hydrogen) atoms. The summed E-state index contributed by atoms with van der Waals surface area (Å²) in [6.45, 7) is 0.260. The highest BCUT2D eigenvalue weighted by Crippen LogP contribution is 2.26. The van der Waals surface area contributed by atoms with Gasteiger partial charge in [0.15, 0.2) is 5.65 Å². The fraction of sp³-hybridized carbons (Fsp3) is 0.381. The van der Waals surface area contributed by atoms with Crippen molar-refractivity contribution in [1.82, 2.24) is 19.5 Å². The number of aliphatic hydroxyl groups excluding tert-OH is 1. The van der Waals surface area contributed by atoms with Crippen molar-refractivity contribution in [2.24, 2.45) is 0 Å². The van der Waals surface area contributed by atoms with Crippen LogP contribution in [0.4, 0.5) is 10.5 Å². The molecule has 7 heteroatoms. The van der Waals surface area contributed by atoms with E-state index in [-0.39, 0.29) is 18.6 Å². The van der Waals surface area contributed by atoms with Crippen LogP contribution >= 0.6 is 0 Å². The van der Waals surface area contributed by atoms with Crippen molar-refractivity contribution in [3.63, 3.8) is 0 Å². The molecule has 4 rings (SSSR count). The van der Waals surface area contributed by atoms with Crippen LogP contribution in [0.25, 0.3) is 5.65 Å². The molecule has 0 radical (unpaired) electrons. The number of urea groups is 1. The molecule has 0 unspecified atom stereocenters. The number of aromatic nitrogens is 3. The second-order valence-corrected chi connectivity index (χ2v) is 7.28. The minimum atomic E-state index is -0.724. The summed E-state index contributed by atoms with van der Waals surface area (Å²) >= 11 is 0. The molecule has 1 saturated carbocycles. The molecule has 2 N–H and O–H groups in total. The van der Waals surface area contributed by atoms with Crippen molar-refractivity contribution >= 4 is 17.4 Å². The normalized spacial score (nSPS) is 16.0. The summed E-state index contributed by atoms with van der Waals surface area (Å²) in [5, 5.41) is 21.7. The highest BCUT2D eigenvalue weighted by molar-refractivity contribution is 5.93. The first kappa shape index (κ1) is 18.4. The maximum absolute atomic E-state index is 13.2. The lowest BCUT2D eigenvalue weighted by molar-refractivity contribution is 0.0957. The molecule has 1 aromatic carbocycles. The summed E-state index contributed by atoms with van der Waals surface area (Å²) in [5.74, 6) is 0. The molecule has 1 atom stereocenters. The maximum Gasteiger partial charge on any atom is 0.322 e. The van der Waals surface area contributed by atoms with E-state index in [2.05, 4.69) is 15.5 Å². The van der Waals surface area contributed by atoms with E-state index < -0.39 is 6.10 Å². The second-order valence-electron chi connectivity index (χ2n) is 7.28. The molecule has 0 bridgehead atoms. The molecule has 2 amide bonds. The van der Waals surface area contributed by atoms with Gasteiger partial charge in [-0.15, -0.1) is 10.2 Å². The first-order valence-electron chi connectivity index (χ1n) is 9.81. The monoisotopic (exact) mass is 379 g/mol. The van der Waals surface area contributed by atoms with Crippen LogP contribution in [0.2, 0.25) is 0 Å². The van der Waals surface area contributed by atoms with Crippen LogP contribution in [0.1, 0.15) is 43.8 Å². The third-order valence-electron chi connectivity index (χ3n) is 5.40. The standard InChI is InChI=1S/C21H25N5O2/c27-19(16-8-3-1-4-9-16)14-26(17-10-5-2-6-11-17)21(28)23-18-12-7-13-25-15-22-24-20(18)25/h1,3-4,7-9,12-13,15,17,19,27H,2,5-6,10-11,14H2,(H,23,28)/t19-/m1/s1. The lowest BCUT2D eigenvalue weighted by Gasteiger charge is -2.35. The van der Waals surface area contributed by atoms with E-state index in [1.807, 2.05) is 48.7 Å². The van der Waals surface area contributed by atoms with Gasteiger partial charge in [-0.05, 0) is 30.5 Å². The Morgan fingerprint density at radius 3 is 2.75 bits per heavy atom. The Balaban J connectivity index is 1.55. The molecule has 1 fully saturated rings. The number of aliphatic hydroxyl groups is 1. The van der Waals surface area contributed by atoms with E-state index in [0.717, 1.165) is 31.2 Å². The first-order chi connectivity index (χ1) is 13.7. The third kappa shape index (κ3) is 3.99. The Morgan fingerprint density at radius 1 is 1.18 bits per heavy atom. The second kappa shape index (κ2) is 8.39. The summed E-state index contributed by atoms with van der Waals surface area (Å²) in [6.07, 6.45) is 8.05. The number of carbonyl (C=O) groups is 1. The highest BCUT2D eigenvalue weighted by Gasteiger charge is 2.28. The zero-order valence-electron chi connectivity index (χ0n) is 15.7. The molecular weight excluding hydrogens is 354 g/mol. The average molecular weight is 379 g/mol. The lowest BCUT2D eigenvalue weighted by Crippen LogP contribution is -2.46. The fourth-order valence-electron chi connectivity index (χ4n) is 3.89. The number of nitrogens with zero attached hydrogens (tertiary/aromatic N) is 4. The predicted molar refractivity (Wildman–Crippen MR) is 107 cm³/mol. The van der Waals surface area contributed by atoms with Crippen molar-refractivity contribution in [3.8, 4) is 0 Å². The molecule has 1 aliphatic rings. The molecule has 2 aromatic heterocycles. The summed E-state index contributed by atoms with van der Waals surface area (Å²) in [6, 6.07) is 13.1. The average Bonchev–Trinajstić information content (AvgIpc) is 3.23. The molecule has 0 saturated heterocycles. The zero-order valence-corrected chi connectivity index (χ0v) is 15.7. The van der Waals surface area contributed by atoms with E-state index in [4.69, 9.17) is 0 Å². The number of pyridine rings is 1. The number of amides is 2. The highest BCUT2D eigenvalue weighted by atomic mass is 16.3. The van der Waals surface area contributed by atoms with E-state index in [0.29, 0.717) is 11.3 Å². The SMILES string of the molecule is O=C(Nc1cccn2cnnc12)N(C[C@@H](O)c1ccccc1)C1CCCCC1. The quantitative estimate of drug-likeness (QED) is 0.709. The summed E-state index contributed by atoms with van der Waals surface area (Å²) in [4.78, 5) is 15.0. The van der Waals surface area contributed by atoms with Crippen molar-refractivity contribution < 1.29 is 9.90 Å². The van der Waals surface area contributed by atoms with E-state index in [1.54, 1.807) is 15.6 Å². The van der Waals surface area contributed by atoms with Crippen LogP contribution < -0.4 is 5.32 Å². The van der Waals surface area contributed by atoms with Gasteiger partial charge in [0.1, 0.15) is 6.33 Å². The molecule has 0 aliphatic heterocycles. The van der Waals surface area contributed by atoms with Gasteiger partial charge in [0, 0.05) is 12.2 Å². The maximum atomic E-state index is 13.2. The van der Waals surface area contributed by atoms with Gasteiger partial charge in [-0.1, -0.05) is 49.6 Å². The number of fused-ring (bicyclic) bond motifs is 1. The van der Waals surface area contributed by atoms with Crippen LogP contribution in [0.3, 0.4) is 0 Å². The predicted octanol–water partition coefficient (Wildman–Crippen LogP) is 3.63. The molecule has 3 aromatic rings. The van der Waals surface area contributed by atoms with Gasteiger partial charge in [0.05, 0.1) is 18.3 Å². The zero-order chi connectivity index (χ0) is 19.3. The van der Waals surface area contributed by atoms with E-state index in [1.165, 1.54) is 6.42 Å². The van der Waals surface area contributed by atoms with Gasteiger partial charge in [-0.25, -0.2) is 4.79 Å². The van der Waals surface area contributed by atoms with Gasteiger partial charge in [0.25, 0.3) is 0 Å². The Hall–Kier alpha value is -2.93. The van der Waals surface area contributed by atoms with Crippen molar-refractivity contribution in [1.29, 1.82) is 0 Å². The summed E-state index contributed by atoms with van der Waals surface area (Å²) < 4.78 is 1.76. The smallest absolute Gasteiger partial charge is 0.322 e. The molecular formula is C21H25N5O2. The first-order valence-corrected chi connectivity index (χ1v) is 9.81. The molecule has 146 valence electrons. The summed E-state index contributed by atoms with van der Waals surface area (Å²) in [7, 11) is 0. The van der Waals surface area contributed by atoms with Crippen LogP contribution in [0, 0.1) is 0 Å². The Labute approximate surface area is 164 Å². The molecule has 7 nitrogen and oxygen atoms in total. The fourth-order valence-corrected chi connectivity index (χ4v) is 3.89. The van der Waals surface area contributed by atoms with Gasteiger partial charge in [-0.3, -0.25) is 4.40 Å². The van der Waals surface area contributed by atoms with Crippen LogP contribution in [0.5, 0.6) is 0 Å². The number of rotatable bonds is 5. The Morgan fingerprint density at radius 2 is 1.96 bits per heavy atom. The van der Waals surface area contributed by atoms with Crippen LogP contribution in [-0.2, 0) is 0 Å². The number of hydrogen-bond donors (Lipinski definition) is 2.